The zero-order valence-corrected chi connectivity index (χ0v) is 9.00. The van der Waals surface area contributed by atoms with Gasteiger partial charge < -0.3 is 0 Å². The first-order valence-corrected chi connectivity index (χ1v) is 4.72. The summed E-state index contributed by atoms with van der Waals surface area (Å²) in [6.45, 7) is 9.91. The van der Waals surface area contributed by atoms with Gasteiger partial charge in [-0.15, -0.1) is 0 Å². The van der Waals surface area contributed by atoms with Crippen LogP contribution in [0.25, 0.3) is 0 Å². The second kappa shape index (κ2) is 3.79. The summed E-state index contributed by atoms with van der Waals surface area (Å²) in [5, 5.41) is 0. The van der Waals surface area contributed by atoms with Crippen molar-refractivity contribution in [2.24, 2.45) is 0 Å². The van der Waals surface area contributed by atoms with E-state index in [0.717, 1.165) is 0 Å². The number of rotatable bonds is 2. The molecular weight excluding hydrogens is 172 g/mol. The number of benzene rings is 1. The first-order chi connectivity index (χ1) is 6.45. The van der Waals surface area contributed by atoms with Gasteiger partial charge in [0.2, 0.25) is 0 Å². The van der Waals surface area contributed by atoms with Crippen molar-refractivity contribution in [3.8, 4) is 0 Å². The lowest BCUT2D eigenvalue weighted by atomic mass is 9.86. The molecule has 1 aromatic rings. The van der Waals surface area contributed by atoms with E-state index in [4.69, 9.17) is 0 Å². The van der Waals surface area contributed by atoms with Gasteiger partial charge in [-0.3, -0.25) is 4.79 Å². The topological polar surface area (TPSA) is 17.1 Å². The highest BCUT2D eigenvalue weighted by atomic mass is 16.1. The van der Waals surface area contributed by atoms with Gasteiger partial charge in [-0.05, 0) is 17.1 Å². The maximum Gasteiger partial charge on any atom is 0.185 e. The molecule has 1 heteroatoms. The van der Waals surface area contributed by atoms with Gasteiger partial charge >= 0.3 is 0 Å². The van der Waals surface area contributed by atoms with Crippen molar-refractivity contribution in [2.75, 3.05) is 0 Å². The predicted molar refractivity (Wildman–Crippen MR) is 59.7 cm³/mol. The lowest BCUT2D eigenvalue weighted by Gasteiger charge is -2.18. The Bertz CT molecular complexity index is 338. The Morgan fingerprint density at radius 3 is 2.07 bits per heavy atom. The molecule has 1 nitrogen and oxygen atoms in total. The van der Waals surface area contributed by atoms with E-state index < -0.39 is 0 Å². The zero-order valence-electron chi connectivity index (χ0n) is 9.00. The molecule has 0 aliphatic rings. The third kappa shape index (κ3) is 2.32. The van der Waals surface area contributed by atoms with Crippen LogP contribution in [0.1, 0.15) is 36.7 Å². The van der Waals surface area contributed by atoms with Crippen LogP contribution in [-0.2, 0) is 5.41 Å². The van der Waals surface area contributed by atoms with Gasteiger partial charge in [-0.1, -0.05) is 51.6 Å². The van der Waals surface area contributed by atoms with Crippen molar-refractivity contribution in [3.05, 3.63) is 48.0 Å². The number of carbonyl (C=O) groups excluding carboxylic acids is 1. The maximum absolute atomic E-state index is 11.3. The molecule has 74 valence electrons. The summed E-state index contributed by atoms with van der Waals surface area (Å²) in [5.74, 6) is -0.0227. The molecule has 0 unspecified atom stereocenters. The molecule has 0 aliphatic heterocycles. The van der Waals surface area contributed by atoms with E-state index in [1.165, 1.54) is 11.6 Å². The third-order valence-electron chi connectivity index (χ3n) is 2.22. The molecule has 14 heavy (non-hydrogen) atoms. The van der Waals surface area contributed by atoms with Crippen LogP contribution in [0.4, 0.5) is 0 Å². The summed E-state index contributed by atoms with van der Waals surface area (Å²) in [6.07, 6.45) is 1.34. The molecule has 0 radical (unpaired) electrons. The molecule has 0 atom stereocenters. The van der Waals surface area contributed by atoms with Crippen LogP contribution in [0.15, 0.2) is 36.9 Å². The Hall–Kier alpha value is -1.37. The number of hydrogen-bond acceptors (Lipinski definition) is 1. The van der Waals surface area contributed by atoms with Gasteiger partial charge in [0.1, 0.15) is 0 Å². The fourth-order valence-corrected chi connectivity index (χ4v) is 1.25. The molecule has 0 aliphatic carbocycles. The van der Waals surface area contributed by atoms with Crippen LogP contribution in [0, 0.1) is 0 Å². The molecule has 0 bridgehead atoms. The van der Waals surface area contributed by atoms with Gasteiger partial charge in [0.15, 0.2) is 5.78 Å². The van der Waals surface area contributed by atoms with E-state index in [1.807, 2.05) is 24.3 Å². The Labute approximate surface area is 85.5 Å². The summed E-state index contributed by atoms with van der Waals surface area (Å²) in [4.78, 5) is 11.3. The largest absolute Gasteiger partial charge is 0.289 e. The molecule has 0 heterocycles. The first kappa shape index (κ1) is 10.7. The SMILES string of the molecule is C=CC(=O)c1ccc(C(C)(C)C)cc1. The van der Waals surface area contributed by atoms with E-state index in [2.05, 4.69) is 27.4 Å². The molecule has 0 fully saturated rings. The zero-order chi connectivity index (χ0) is 10.8. The quantitative estimate of drug-likeness (QED) is 0.514. The second-order valence-corrected chi connectivity index (χ2v) is 4.40. The highest BCUT2D eigenvalue weighted by Gasteiger charge is 2.13. The van der Waals surface area contributed by atoms with Gasteiger partial charge in [0.05, 0.1) is 0 Å². The molecule has 0 saturated heterocycles. The van der Waals surface area contributed by atoms with Crippen molar-refractivity contribution in [3.63, 3.8) is 0 Å². The molecule has 1 rings (SSSR count). The fraction of sp³-hybridized carbons (Fsp3) is 0.308. The summed E-state index contributed by atoms with van der Waals surface area (Å²) >= 11 is 0. The predicted octanol–water partition coefficient (Wildman–Crippen LogP) is 3.35. The van der Waals surface area contributed by atoms with Gasteiger partial charge in [-0.25, -0.2) is 0 Å². The number of allylic oxidation sites excluding steroid dienone is 1. The van der Waals surface area contributed by atoms with Crippen molar-refractivity contribution >= 4 is 5.78 Å². The lowest BCUT2D eigenvalue weighted by molar-refractivity contribution is 0.104. The molecule has 0 aromatic heterocycles. The van der Waals surface area contributed by atoms with Gasteiger partial charge in [-0.2, -0.15) is 0 Å². The number of hydrogen-bond donors (Lipinski definition) is 0. The summed E-state index contributed by atoms with van der Waals surface area (Å²) < 4.78 is 0. The maximum atomic E-state index is 11.3. The Balaban J connectivity index is 3.00. The summed E-state index contributed by atoms with van der Waals surface area (Å²) in [7, 11) is 0. The fourth-order valence-electron chi connectivity index (χ4n) is 1.25. The molecule has 0 saturated carbocycles. The second-order valence-electron chi connectivity index (χ2n) is 4.40. The molecular formula is C13H16O. The number of ketones is 1. The lowest BCUT2D eigenvalue weighted by Crippen LogP contribution is -2.11. The average molecular weight is 188 g/mol. The van der Waals surface area contributed by atoms with Crippen LogP contribution < -0.4 is 0 Å². The molecule has 0 amide bonds. The minimum atomic E-state index is -0.0227. The number of carbonyl (C=O) groups is 1. The smallest absolute Gasteiger partial charge is 0.185 e. The Morgan fingerprint density at radius 2 is 1.71 bits per heavy atom. The molecule has 1 aromatic carbocycles. The van der Waals surface area contributed by atoms with Crippen molar-refractivity contribution in [2.45, 2.75) is 26.2 Å². The van der Waals surface area contributed by atoms with Gasteiger partial charge in [0, 0.05) is 5.56 Å². The van der Waals surface area contributed by atoms with Crippen LogP contribution >= 0.6 is 0 Å². The summed E-state index contributed by atoms with van der Waals surface area (Å²) in [5.41, 5.74) is 2.07. The minimum absolute atomic E-state index is 0.0227. The van der Waals surface area contributed by atoms with Crippen LogP contribution in [0.3, 0.4) is 0 Å². The highest BCUT2D eigenvalue weighted by molar-refractivity contribution is 6.04. The van der Waals surface area contributed by atoms with Crippen molar-refractivity contribution < 1.29 is 4.79 Å². The van der Waals surface area contributed by atoms with E-state index in [1.54, 1.807) is 0 Å². The Kier molecular flexibility index (Phi) is 2.90. The summed E-state index contributed by atoms with van der Waals surface area (Å²) in [6, 6.07) is 7.70. The normalized spacial score (nSPS) is 11.1. The molecule has 0 N–H and O–H groups in total. The molecule has 0 spiro atoms. The van der Waals surface area contributed by atoms with Crippen LogP contribution in [-0.4, -0.2) is 5.78 Å². The van der Waals surface area contributed by atoms with Crippen molar-refractivity contribution in [1.82, 2.24) is 0 Å². The minimum Gasteiger partial charge on any atom is -0.289 e. The first-order valence-electron chi connectivity index (χ1n) is 4.72. The standard InChI is InChI=1S/C13H16O/c1-5-12(14)10-6-8-11(9-7-10)13(2,3)4/h5-9H,1H2,2-4H3. The van der Waals surface area contributed by atoms with E-state index in [-0.39, 0.29) is 11.2 Å². The Morgan fingerprint density at radius 1 is 1.21 bits per heavy atom. The van der Waals surface area contributed by atoms with Gasteiger partial charge in [0.25, 0.3) is 0 Å². The van der Waals surface area contributed by atoms with E-state index in [0.29, 0.717) is 5.56 Å². The monoisotopic (exact) mass is 188 g/mol. The van der Waals surface area contributed by atoms with E-state index >= 15 is 0 Å². The van der Waals surface area contributed by atoms with Crippen LogP contribution in [0.5, 0.6) is 0 Å². The van der Waals surface area contributed by atoms with Crippen LogP contribution in [0.2, 0.25) is 0 Å². The van der Waals surface area contributed by atoms with E-state index in [9.17, 15) is 4.79 Å². The van der Waals surface area contributed by atoms with Crippen molar-refractivity contribution in [1.29, 1.82) is 0 Å². The average Bonchev–Trinajstić information content (AvgIpc) is 2.15. The highest BCUT2D eigenvalue weighted by Crippen LogP contribution is 2.22. The third-order valence-corrected chi connectivity index (χ3v) is 2.22.